The first-order valence-electron chi connectivity index (χ1n) is 6.58. The number of nitrogens with zero attached hydrogens (tertiary/aromatic N) is 1. The lowest BCUT2D eigenvalue weighted by Gasteiger charge is -2.35. The smallest absolute Gasteiger partial charge is 0.329 e. The Labute approximate surface area is 102 Å². The molecule has 2 atom stereocenters. The van der Waals surface area contributed by atoms with Crippen LogP contribution in [0.5, 0.6) is 0 Å². The van der Waals surface area contributed by atoms with Gasteiger partial charge in [-0.2, -0.15) is 0 Å². The van der Waals surface area contributed by atoms with Crippen LogP contribution < -0.4 is 0 Å². The Morgan fingerprint density at radius 3 is 2.59 bits per heavy atom. The summed E-state index contributed by atoms with van der Waals surface area (Å²) in [5.74, 6) is -0.298. The predicted molar refractivity (Wildman–Crippen MR) is 63.5 cm³/mol. The van der Waals surface area contributed by atoms with Crippen LogP contribution in [0, 0.1) is 11.8 Å². The van der Waals surface area contributed by atoms with Gasteiger partial charge in [-0.3, -0.25) is 4.79 Å². The van der Waals surface area contributed by atoms with E-state index in [2.05, 4.69) is 0 Å². The molecule has 1 aliphatic heterocycles. The second-order valence-electron chi connectivity index (χ2n) is 5.41. The maximum Gasteiger partial charge on any atom is 0.329 e. The first kappa shape index (κ1) is 12.4. The Morgan fingerprint density at radius 1 is 1.47 bits per heavy atom. The monoisotopic (exact) mass is 239 g/mol. The van der Waals surface area contributed by atoms with Crippen molar-refractivity contribution in [1.82, 2.24) is 4.90 Å². The first-order chi connectivity index (χ1) is 8.03. The zero-order valence-corrected chi connectivity index (χ0v) is 10.6. The van der Waals surface area contributed by atoms with Crippen molar-refractivity contribution in [2.75, 3.05) is 6.54 Å². The molecule has 17 heavy (non-hydrogen) atoms. The van der Waals surface area contributed by atoms with E-state index < -0.39 is 11.5 Å². The summed E-state index contributed by atoms with van der Waals surface area (Å²) in [5.41, 5.74) is -0.930. The summed E-state index contributed by atoms with van der Waals surface area (Å²) < 4.78 is 0. The Kier molecular flexibility index (Phi) is 3.15. The number of likely N-dealkylation sites (tertiary alicyclic amines) is 1. The van der Waals surface area contributed by atoms with Gasteiger partial charge < -0.3 is 10.0 Å². The summed E-state index contributed by atoms with van der Waals surface area (Å²) in [4.78, 5) is 25.5. The van der Waals surface area contributed by atoms with E-state index in [9.17, 15) is 14.7 Å². The predicted octanol–water partition coefficient (Wildman–Crippen LogP) is 1.89. The van der Waals surface area contributed by atoms with Gasteiger partial charge in [0.25, 0.3) is 0 Å². The molecule has 0 spiro atoms. The zero-order valence-electron chi connectivity index (χ0n) is 10.6. The van der Waals surface area contributed by atoms with E-state index >= 15 is 0 Å². The number of rotatable bonds is 4. The SMILES string of the molecule is CCC1(C(=O)O)CCCN1C(=O)C(C)C1CC1. The lowest BCUT2D eigenvalue weighted by molar-refractivity contribution is -0.158. The van der Waals surface area contributed by atoms with Crippen LogP contribution in [0.15, 0.2) is 0 Å². The van der Waals surface area contributed by atoms with Gasteiger partial charge in [0, 0.05) is 12.5 Å². The molecule has 2 rings (SSSR count). The molecular weight excluding hydrogens is 218 g/mol. The molecule has 1 amide bonds. The largest absolute Gasteiger partial charge is 0.479 e. The third-order valence-electron chi connectivity index (χ3n) is 4.46. The fraction of sp³-hybridized carbons (Fsp3) is 0.846. The van der Waals surface area contributed by atoms with Crippen molar-refractivity contribution < 1.29 is 14.7 Å². The van der Waals surface area contributed by atoms with Crippen molar-refractivity contribution in [1.29, 1.82) is 0 Å². The van der Waals surface area contributed by atoms with Crippen molar-refractivity contribution in [3.8, 4) is 0 Å². The fourth-order valence-electron chi connectivity index (χ4n) is 2.98. The third kappa shape index (κ3) is 1.94. The molecule has 1 saturated heterocycles. The van der Waals surface area contributed by atoms with Gasteiger partial charge in [0.2, 0.25) is 5.91 Å². The molecule has 4 nitrogen and oxygen atoms in total. The summed E-state index contributed by atoms with van der Waals surface area (Å²) in [6.07, 6.45) is 4.15. The normalized spacial score (nSPS) is 30.4. The summed E-state index contributed by atoms with van der Waals surface area (Å²) >= 11 is 0. The minimum atomic E-state index is -0.930. The number of carbonyl (C=O) groups is 2. The van der Waals surface area contributed by atoms with Crippen LogP contribution in [0.2, 0.25) is 0 Å². The van der Waals surface area contributed by atoms with E-state index in [0.717, 1.165) is 19.3 Å². The van der Waals surface area contributed by atoms with E-state index in [1.54, 1.807) is 4.90 Å². The van der Waals surface area contributed by atoms with E-state index in [1.807, 2.05) is 13.8 Å². The van der Waals surface area contributed by atoms with Crippen molar-refractivity contribution in [3.05, 3.63) is 0 Å². The average molecular weight is 239 g/mol. The molecule has 0 bridgehead atoms. The van der Waals surface area contributed by atoms with Crippen molar-refractivity contribution >= 4 is 11.9 Å². The highest BCUT2D eigenvalue weighted by atomic mass is 16.4. The van der Waals surface area contributed by atoms with Gasteiger partial charge in [-0.15, -0.1) is 0 Å². The standard InChI is InChI=1S/C13H21NO3/c1-3-13(12(16)17)7-4-8-14(13)11(15)9(2)10-5-6-10/h9-10H,3-8H2,1-2H3,(H,16,17). The van der Waals surface area contributed by atoms with Crippen molar-refractivity contribution in [2.45, 2.75) is 51.5 Å². The Bertz CT molecular complexity index is 338. The Balaban J connectivity index is 2.18. The average Bonchev–Trinajstić information content (AvgIpc) is 3.06. The third-order valence-corrected chi connectivity index (χ3v) is 4.46. The second kappa shape index (κ2) is 4.31. The molecule has 1 N–H and O–H groups in total. The van der Waals surface area contributed by atoms with Gasteiger partial charge in [-0.25, -0.2) is 4.79 Å². The number of hydrogen-bond donors (Lipinski definition) is 1. The summed E-state index contributed by atoms with van der Waals surface area (Å²) in [5, 5.41) is 9.43. The van der Waals surface area contributed by atoms with Crippen LogP contribution in [-0.4, -0.2) is 34.0 Å². The molecule has 2 fully saturated rings. The summed E-state index contributed by atoms with van der Waals surface area (Å²) in [6.45, 7) is 4.41. The molecule has 2 aliphatic rings. The molecule has 1 aliphatic carbocycles. The van der Waals surface area contributed by atoms with Gasteiger partial charge in [-0.1, -0.05) is 13.8 Å². The second-order valence-corrected chi connectivity index (χ2v) is 5.41. The van der Waals surface area contributed by atoms with Crippen LogP contribution in [0.1, 0.15) is 46.0 Å². The lowest BCUT2D eigenvalue weighted by Crippen LogP contribution is -2.54. The van der Waals surface area contributed by atoms with E-state index in [-0.39, 0.29) is 11.8 Å². The minimum Gasteiger partial charge on any atom is -0.479 e. The molecule has 1 saturated carbocycles. The van der Waals surface area contributed by atoms with Gasteiger partial charge in [-0.05, 0) is 38.0 Å². The van der Waals surface area contributed by atoms with Crippen LogP contribution >= 0.6 is 0 Å². The lowest BCUT2D eigenvalue weighted by atomic mass is 9.91. The summed E-state index contributed by atoms with van der Waals surface area (Å²) in [7, 11) is 0. The van der Waals surface area contributed by atoms with Gasteiger partial charge in [0.15, 0.2) is 0 Å². The molecule has 96 valence electrons. The minimum absolute atomic E-state index is 0.00150. The van der Waals surface area contributed by atoms with E-state index in [1.165, 1.54) is 0 Å². The molecule has 0 radical (unpaired) electrons. The van der Waals surface area contributed by atoms with Gasteiger partial charge in [0.1, 0.15) is 5.54 Å². The number of amides is 1. The van der Waals surface area contributed by atoms with E-state index in [0.29, 0.717) is 25.3 Å². The molecule has 2 unspecified atom stereocenters. The highest BCUT2D eigenvalue weighted by molar-refractivity contribution is 5.89. The first-order valence-corrected chi connectivity index (χ1v) is 6.58. The quantitative estimate of drug-likeness (QED) is 0.815. The van der Waals surface area contributed by atoms with Crippen molar-refractivity contribution in [2.24, 2.45) is 11.8 Å². The highest BCUT2D eigenvalue weighted by Crippen LogP contribution is 2.41. The van der Waals surface area contributed by atoms with Crippen LogP contribution in [0.25, 0.3) is 0 Å². The number of carboxylic acid groups (broad SMARTS) is 1. The van der Waals surface area contributed by atoms with Crippen LogP contribution in [0.4, 0.5) is 0 Å². The molecule has 4 heteroatoms. The maximum atomic E-state index is 12.4. The molecule has 0 aromatic carbocycles. The molecule has 0 aromatic rings. The fourth-order valence-corrected chi connectivity index (χ4v) is 2.98. The number of carboxylic acids is 1. The molecule has 0 aromatic heterocycles. The number of hydrogen-bond acceptors (Lipinski definition) is 2. The molecular formula is C13H21NO3. The summed E-state index contributed by atoms with van der Waals surface area (Å²) in [6, 6.07) is 0. The number of carbonyl (C=O) groups excluding carboxylic acids is 1. The van der Waals surface area contributed by atoms with E-state index in [4.69, 9.17) is 0 Å². The number of aliphatic carboxylic acids is 1. The molecule has 1 heterocycles. The van der Waals surface area contributed by atoms with Crippen molar-refractivity contribution in [3.63, 3.8) is 0 Å². The zero-order chi connectivity index (χ0) is 12.6. The Hall–Kier alpha value is -1.06. The topological polar surface area (TPSA) is 57.6 Å². The maximum absolute atomic E-state index is 12.4. The van der Waals surface area contributed by atoms with Crippen LogP contribution in [0.3, 0.4) is 0 Å². The van der Waals surface area contributed by atoms with Gasteiger partial charge >= 0.3 is 5.97 Å². The van der Waals surface area contributed by atoms with Gasteiger partial charge in [0.05, 0.1) is 0 Å². The highest BCUT2D eigenvalue weighted by Gasteiger charge is 2.50. The van der Waals surface area contributed by atoms with Crippen LogP contribution in [-0.2, 0) is 9.59 Å². The Morgan fingerprint density at radius 2 is 2.12 bits per heavy atom.